The second-order valence-electron chi connectivity index (χ2n) is 6.16. The zero-order chi connectivity index (χ0) is 14.2. The van der Waals surface area contributed by atoms with Gasteiger partial charge in [0.25, 0.3) is 0 Å². The number of nitrogens with two attached hydrogens (primary N) is 1. The SMILES string of the molecule is Cc1ccc(C(C)(C)C)cc1-c1n[nH]c(C)c1CN. The number of aromatic amines is 1. The molecule has 0 aliphatic heterocycles. The molecule has 0 saturated heterocycles. The Labute approximate surface area is 115 Å². The van der Waals surface area contributed by atoms with Crippen molar-refractivity contribution in [3.8, 4) is 11.3 Å². The largest absolute Gasteiger partial charge is 0.326 e. The van der Waals surface area contributed by atoms with Gasteiger partial charge in [0.2, 0.25) is 0 Å². The summed E-state index contributed by atoms with van der Waals surface area (Å²) in [6.07, 6.45) is 0. The molecule has 2 rings (SSSR count). The summed E-state index contributed by atoms with van der Waals surface area (Å²) in [6.45, 7) is 11.3. The molecule has 0 radical (unpaired) electrons. The maximum absolute atomic E-state index is 5.85. The van der Waals surface area contributed by atoms with Gasteiger partial charge in [-0.2, -0.15) is 5.10 Å². The average Bonchev–Trinajstić information content (AvgIpc) is 2.69. The van der Waals surface area contributed by atoms with Crippen molar-refractivity contribution in [1.82, 2.24) is 10.2 Å². The predicted octanol–water partition coefficient (Wildman–Crippen LogP) is 3.45. The van der Waals surface area contributed by atoms with Gasteiger partial charge in [0.1, 0.15) is 0 Å². The van der Waals surface area contributed by atoms with Crippen LogP contribution in [0.3, 0.4) is 0 Å². The highest BCUT2D eigenvalue weighted by Gasteiger charge is 2.18. The lowest BCUT2D eigenvalue weighted by Crippen LogP contribution is -2.11. The van der Waals surface area contributed by atoms with E-state index in [2.05, 4.69) is 56.1 Å². The first-order chi connectivity index (χ1) is 8.84. The molecule has 0 unspecified atom stereocenters. The van der Waals surface area contributed by atoms with Gasteiger partial charge in [-0.15, -0.1) is 0 Å². The van der Waals surface area contributed by atoms with E-state index in [9.17, 15) is 0 Å². The molecule has 0 amide bonds. The smallest absolute Gasteiger partial charge is 0.0971 e. The van der Waals surface area contributed by atoms with Crippen LogP contribution in [-0.2, 0) is 12.0 Å². The summed E-state index contributed by atoms with van der Waals surface area (Å²) < 4.78 is 0. The lowest BCUT2D eigenvalue weighted by atomic mass is 9.84. The fourth-order valence-electron chi connectivity index (χ4n) is 2.27. The van der Waals surface area contributed by atoms with E-state index in [0.29, 0.717) is 6.54 Å². The van der Waals surface area contributed by atoms with Crippen LogP contribution in [0, 0.1) is 13.8 Å². The van der Waals surface area contributed by atoms with Crippen molar-refractivity contribution in [2.75, 3.05) is 0 Å². The Morgan fingerprint density at radius 2 is 1.89 bits per heavy atom. The van der Waals surface area contributed by atoms with Gasteiger partial charge in [-0.1, -0.05) is 32.9 Å². The van der Waals surface area contributed by atoms with Crippen molar-refractivity contribution in [2.45, 2.75) is 46.6 Å². The van der Waals surface area contributed by atoms with Crippen molar-refractivity contribution in [1.29, 1.82) is 0 Å². The lowest BCUT2D eigenvalue weighted by molar-refractivity contribution is 0.590. The standard InChI is InChI=1S/C16H23N3/c1-10-6-7-12(16(3,4)5)8-13(10)15-14(9-17)11(2)18-19-15/h6-8H,9,17H2,1-5H3,(H,18,19). The number of nitrogens with one attached hydrogen (secondary N) is 1. The molecule has 0 aliphatic rings. The van der Waals surface area contributed by atoms with Gasteiger partial charge < -0.3 is 5.73 Å². The zero-order valence-electron chi connectivity index (χ0n) is 12.5. The number of rotatable bonds is 2. The Hall–Kier alpha value is -1.61. The van der Waals surface area contributed by atoms with E-state index >= 15 is 0 Å². The molecule has 0 aliphatic carbocycles. The highest BCUT2D eigenvalue weighted by atomic mass is 15.1. The molecule has 0 saturated carbocycles. The molecular weight excluding hydrogens is 234 g/mol. The summed E-state index contributed by atoms with van der Waals surface area (Å²) in [6, 6.07) is 6.60. The first-order valence-electron chi connectivity index (χ1n) is 6.70. The normalized spacial score (nSPS) is 11.9. The number of hydrogen-bond acceptors (Lipinski definition) is 2. The quantitative estimate of drug-likeness (QED) is 0.865. The maximum Gasteiger partial charge on any atom is 0.0971 e. The second-order valence-corrected chi connectivity index (χ2v) is 6.16. The van der Waals surface area contributed by atoms with Crippen LogP contribution in [0.5, 0.6) is 0 Å². The Morgan fingerprint density at radius 1 is 1.21 bits per heavy atom. The monoisotopic (exact) mass is 257 g/mol. The Bertz CT molecular complexity index is 589. The van der Waals surface area contributed by atoms with E-state index in [1.54, 1.807) is 0 Å². The molecule has 0 spiro atoms. The Kier molecular flexibility index (Phi) is 3.50. The molecular formula is C16H23N3. The van der Waals surface area contributed by atoms with Crippen molar-refractivity contribution >= 4 is 0 Å². The zero-order valence-corrected chi connectivity index (χ0v) is 12.5. The highest BCUT2D eigenvalue weighted by molar-refractivity contribution is 5.68. The van der Waals surface area contributed by atoms with Crippen LogP contribution in [-0.4, -0.2) is 10.2 Å². The second kappa shape index (κ2) is 4.82. The molecule has 1 aromatic heterocycles. The van der Waals surface area contributed by atoms with Gasteiger partial charge in [0, 0.05) is 23.4 Å². The first kappa shape index (κ1) is 13.8. The molecule has 19 heavy (non-hydrogen) atoms. The molecule has 1 heterocycles. The fourth-order valence-corrected chi connectivity index (χ4v) is 2.27. The minimum Gasteiger partial charge on any atom is -0.326 e. The van der Waals surface area contributed by atoms with E-state index < -0.39 is 0 Å². The summed E-state index contributed by atoms with van der Waals surface area (Å²) in [5.74, 6) is 0. The summed E-state index contributed by atoms with van der Waals surface area (Å²) >= 11 is 0. The van der Waals surface area contributed by atoms with E-state index in [0.717, 1.165) is 17.0 Å². The molecule has 0 atom stereocenters. The average molecular weight is 257 g/mol. The number of aromatic nitrogens is 2. The minimum atomic E-state index is 0.136. The number of aryl methyl sites for hydroxylation is 2. The number of benzene rings is 1. The van der Waals surface area contributed by atoms with Crippen LogP contribution in [0.25, 0.3) is 11.3 Å². The molecule has 3 N–H and O–H groups in total. The third-order valence-electron chi connectivity index (χ3n) is 3.64. The molecule has 3 nitrogen and oxygen atoms in total. The van der Waals surface area contributed by atoms with Crippen LogP contribution >= 0.6 is 0 Å². The van der Waals surface area contributed by atoms with Crippen LogP contribution in [0.15, 0.2) is 18.2 Å². The molecule has 3 heteroatoms. The van der Waals surface area contributed by atoms with Crippen molar-refractivity contribution in [3.05, 3.63) is 40.6 Å². The summed E-state index contributed by atoms with van der Waals surface area (Å²) in [4.78, 5) is 0. The van der Waals surface area contributed by atoms with Gasteiger partial charge in [0.05, 0.1) is 5.69 Å². The van der Waals surface area contributed by atoms with Gasteiger partial charge in [-0.25, -0.2) is 0 Å². The minimum absolute atomic E-state index is 0.136. The van der Waals surface area contributed by atoms with Crippen LogP contribution in [0.1, 0.15) is 43.2 Å². The third-order valence-corrected chi connectivity index (χ3v) is 3.64. The van der Waals surface area contributed by atoms with Crippen LogP contribution < -0.4 is 5.73 Å². The molecule has 102 valence electrons. The first-order valence-corrected chi connectivity index (χ1v) is 6.70. The van der Waals surface area contributed by atoms with Gasteiger partial charge in [0.15, 0.2) is 0 Å². The predicted molar refractivity (Wildman–Crippen MR) is 80.1 cm³/mol. The maximum atomic E-state index is 5.85. The number of nitrogens with zero attached hydrogens (tertiary/aromatic N) is 1. The van der Waals surface area contributed by atoms with Crippen molar-refractivity contribution in [3.63, 3.8) is 0 Å². The number of hydrogen-bond donors (Lipinski definition) is 2. The Morgan fingerprint density at radius 3 is 2.47 bits per heavy atom. The van der Waals surface area contributed by atoms with Gasteiger partial charge in [-0.05, 0) is 36.5 Å². The Balaban J connectivity index is 2.61. The van der Waals surface area contributed by atoms with Crippen molar-refractivity contribution < 1.29 is 0 Å². The molecule has 2 aromatic rings. The molecule has 0 bridgehead atoms. The topological polar surface area (TPSA) is 54.7 Å². The highest BCUT2D eigenvalue weighted by Crippen LogP contribution is 2.31. The van der Waals surface area contributed by atoms with Crippen molar-refractivity contribution in [2.24, 2.45) is 5.73 Å². The van der Waals surface area contributed by atoms with E-state index in [4.69, 9.17) is 5.73 Å². The molecule has 0 fully saturated rings. The summed E-state index contributed by atoms with van der Waals surface area (Å²) in [7, 11) is 0. The lowest BCUT2D eigenvalue weighted by Gasteiger charge is -2.20. The third kappa shape index (κ3) is 2.56. The van der Waals surface area contributed by atoms with Crippen LogP contribution in [0.4, 0.5) is 0 Å². The van der Waals surface area contributed by atoms with E-state index in [1.165, 1.54) is 16.7 Å². The fraction of sp³-hybridized carbons (Fsp3) is 0.438. The van der Waals surface area contributed by atoms with Crippen LogP contribution in [0.2, 0.25) is 0 Å². The van der Waals surface area contributed by atoms with E-state index in [-0.39, 0.29) is 5.41 Å². The van der Waals surface area contributed by atoms with E-state index in [1.807, 2.05) is 6.92 Å². The number of H-pyrrole nitrogens is 1. The van der Waals surface area contributed by atoms with Gasteiger partial charge >= 0.3 is 0 Å². The summed E-state index contributed by atoms with van der Waals surface area (Å²) in [5.41, 5.74) is 12.9. The molecule has 1 aromatic carbocycles. The van der Waals surface area contributed by atoms with Gasteiger partial charge in [-0.3, -0.25) is 5.10 Å². The summed E-state index contributed by atoms with van der Waals surface area (Å²) in [5, 5.41) is 7.48.